The lowest BCUT2D eigenvalue weighted by Crippen LogP contribution is -2.38. The first-order valence-electron chi connectivity index (χ1n) is 15.8. The Hall–Kier alpha value is -1.38. The number of hydrogen-bond donors (Lipinski definition) is 1. The molecular formula is C35H43Br2N3S2. The molecule has 0 spiro atoms. The quantitative estimate of drug-likeness (QED) is 0.130. The first-order chi connectivity index (χ1) is 20.4. The van der Waals surface area contributed by atoms with Crippen molar-refractivity contribution < 1.29 is 0 Å². The predicted molar refractivity (Wildman–Crippen MR) is 195 cm³/mol. The smallest absolute Gasteiger partial charge is 0.0726 e. The Morgan fingerprint density at radius 1 is 0.667 bits per heavy atom. The average molecular weight is 730 g/mol. The SMILES string of the molecule is CCCCCCCCCCNC(C)CN1c2cc(Br)sc2-c2ccc3c4c(ccc1c24)-c1sc(Br)cc1N3CC(C)C. The number of thiophene rings is 2. The summed E-state index contributed by atoms with van der Waals surface area (Å²) < 4.78 is 2.39. The zero-order valence-corrected chi connectivity index (χ0v) is 30.2. The largest absolute Gasteiger partial charge is 0.339 e. The van der Waals surface area contributed by atoms with Gasteiger partial charge in [-0.15, -0.1) is 22.7 Å². The van der Waals surface area contributed by atoms with Crippen molar-refractivity contribution in [3.8, 4) is 20.9 Å². The normalized spacial score (nSPS) is 14.2. The van der Waals surface area contributed by atoms with Crippen molar-refractivity contribution in [2.24, 2.45) is 5.92 Å². The topological polar surface area (TPSA) is 18.5 Å². The number of fused-ring (bicyclic) bond motifs is 4. The van der Waals surface area contributed by atoms with Crippen LogP contribution in [0.2, 0.25) is 0 Å². The predicted octanol–water partition coefficient (Wildman–Crippen LogP) is 12.5. The van der Waals surface area contributed by atoms with Crippen LogP contribution in [0.25, 0.3) is 31.7 Å². The molecule has 0 bridgehead atoms. The molecule has 6 rings (SSSR count). The summed E-state index contributed by atoms with van der Waals surface area (Å²) in [5.74, 6) is 0.563. The van der Waals surface area contributed by atoms with E-state index in [1.807, 2.05) is 22.7 Å². The molecule has 0 saturated heterocycles. The van der Waals surface area contributed by atoms with Crippen LogP contribution in [-0.4, -0.2) is 25.7 Å². The second-order valence-corrected chi connectivity index (χ2v) is 17.4. The highest BCUT2D eigenvalue weighted by atomic mass is 79.9. The molecule has 0 fully saturated rings. The minimum atomic E-state index is 0.394. The van der Waals surface area contributed by atoms with Gasteiger partial charge < -0.3 is 15.1 Å². The molecule has 0 radical (unpaired) electrons. The highest BCUT2D eigenvalue weighted by molar-refractivity contribution is 9.11. The molecule has 4 heterocycles. The highest BCUT2D eigenvalue weighted by Gasteiger charge is 2.34. The van der Waals surface area contributed by atoms with Crippen molar-refractivity contribution in [1.82, 2.24) is 5.32 Å². The molecule has 2 aromatic carbocycles. The van der Waals surface area contributed by atoms with Gasteiger partial charge in [0, 0.05) is 52.4 Å². The van der Waals surface area contributed by atoms with Gasteiger partial charge in [-0.2, -0.15) is 0 Å². The zero-order chi connectivity index (χ0) is 29.4. The van der Waals surface area contributed by atoms with Gasteiger partial charge in [0.15, 0.2) is 0 Å². The van der Waals surface area contributed by atoms with E-state index in [2.05, 4.69) is 111 Å². The molecule has 0 aliphatic carbocycles. The molecule has 224 valence electrons. The van der Waals surface area contributed by atoms with Crippen LogP contribution in [0.3, 0.4) is 0 Å². The van der Waals surface area contributed by atoms with Crippen molar-refractivity contribution in [2.75, 3.05) is 29.4 Å². The molecule has 1 N–H and O–H groups in total. The minimum Gasteiger partial charge on any atom is -0.339 e. The fourth-order valence-electron chi connectivity index (χ4n) is 6.74. The van der Waals surface area contributed by atoms with Crippen molar-refractivity contribution in [2.45, 2.75) is 85.1 Å². The number of hydrogen-bond acceptors (Lipinski definition) is 5. The Labute approximate surface area is 277 Å². The number of rotatable bonds is 14. The van der Waals surface area contributed by atoms with Gasteiger partial charge in [0.2, 0.25) is 0 Å². The number of nitrogens with zero attached hydrogens (tertiary/aromatic N) is 2. The lowest BCUT2D eigenvalue weighted by Gasteiger charge is -2.37. The van der Waals surface area contributed by atoms with Crippen LogP contribution in [0.15, 0.2) is 44.0 Å². The van der Waals surface area contributed by atoms with E-state index in [9.17, 15) is 0 Å². The van der Waals surface area contributed by atoms with Crippen molar-refractivity contribution in [1.29, 1.82) is 0 Å². The molecule has 0 saturated carbocycles. The van der Waals surface area contributed by atoms with E-state index in [1.54, 1.807) is 0 Å². The average Bonchev–Trinajstić information content (AvgIpc) is 3.55. The van der Waals surface area contributed by atoms with E-state index in [4.69, 9.17) is 0 Å². The number of unbranched alkanes of at least 4 members (excludes halogenated alkanes) is 7. The first kappa shape index (κ1) is 30.6. The molecular weight excluding hydrogens is 686 g/mol. The van der Waals surface area contributed by atoms with Crippen molar-refractivity contribution >= 4 is 88.1 Å². The summed E-state index contributed by atoms with van der Waals surface area (Å²) in [5.41, 5.74) is 8.09. The molecule has 2 aliphatic heterocycles. The second-order valence-electron chi connectivity index (χ2n) is 12.5. The van der Waals surface area contributed by atoms with E-state index < -0.39 is 0 Å². The summed E-state index contributed by atoms with van der Waals surface area (Å²) in [6.45, 7) is 12.3. The lowest BCUT2D eigenvalue weighted by molar-refractivity contribution is 0.512. The summed E-state index contributed by atoms with van der Waals surface area (Å²) >= 11 is 11.4. The van der Waals surface area contributed by atoms with Crippen LogP contribution >= 0.6 is 54.5 Å². The van der Waals surface area contributed by atoms with Gasteiger partial charge in [-0.25, -0.2) is 0 Å². The number of benzene rings is 2. The number of anilines is 4. The third-order valence-electron chi connectivity index (χ3n) is 8.66. The second kappa shape index (κ2) is 13.3. The molecule has 1 atom stereocenters. The van der Waals surface area contributed by atoms with Crippen LogP contribution in [-0.2, 0) is 0 Å². The minimum absolute atomic E-state index is 0.394. The Kier molecular flexibility index (Phi) is 9.71. The molecule has 42 heavy (non-hydrogen) atoms. The van der Waals surface area contributed by atoms with E-state index in [0.29, 0.717) is 12.0 Å². The van der Waals surface area contributed by atoms with Crippen molar-refractivity contribution in [3.63, 3.8) is 0 Å². The van der Waals surface area contributed by atoms with Gasteiger partial charge in [-0.05, 0) is 81.9 Å². The summed E-state index contributed by atoms with van der Waals surface area (Å²) in [6, 6.07) is 14.6. The van der Waals surface area contributed by atoms with E-state index in [-0.39, 0.29) is 0 Å². The van der Waals surface area contributed by atoms with Crippen molar-refractivity contribution in [3.05, 3.63) is 44.0 Å². The Bertz CT molecular complexity index is 1560. The number of nitrogens with one attached hydrogen (secondary N) is 1. The highest BCUT2D eigenvalue weighted by Crippen LogP contribution is 2.59. The zero-order valence-electron chi connectivity index (χ0n) is 25.4. The summed E-state index contributed by atoms with van der Waals surface area (Å²) in [6.07, 6.45) is 10.9. The van der Waals surface area contributed by atoms with Crippen LogP contribution < -0.4 is 15.1 Å². The van der Waals surface area contributed by atoms with E-state index >= 15 is 0 Å². The van der Waals surface area contributed by atoms with Crippen LogP contribution in [0, 0.1) is 5.92 Å². The molecule has 2 aliphatic rings. The third-order valence-corrected chi connectivity index (χ3v) is 12.0. The summed E-state index contributed by atoms with van der Waals surface area (Å²) in [4.78, 5) is 7.91. The van der Waals surface area contributed by atoms with Gasteiger partial charge in [-0.1, -0.05) is 77.8 Å². The maximum atomic E-state index is 3.86. The first-order valence-corrected chi connectivity index (χ1v) is 19.1. The molecule has 7 heteroatoms. The van der Waals surface area contributed by atoms with E-state index in [1.165, 1.54) is 113 Å². The third kappa shape index (κ3) is 5.98. The fourth-order valence-corrected chi connectivity index (χ4v) is 9.99. The standard InChI is InChI=1S/C35H43Br2N3S2/c1-5-6-7-8-9-10-11-12-17-38-23(4)21-40-27-16-14-24-32-26(39(20-22(2)3)28-18-30(36)41-34(24)28)15-13-25(33(27)32)35-29(40)19-31(37)42-35/h13-16,18-19,22-23,38H,5-12,17,20-21H2,1-4H3. The van der Waals surface area contributed by atoms with Gasteiger partial charge in [-0.3, -0.25) is 0 Å². The van der Waals surface area contributed by atoms with Gasteiger partial charge in [0.1, 0.15) is 0 Å². The van der Waals surface area contributed by atoms with Crippen LogP contribution in [0.4, 0.5) is 22.7 Å². The lowest BCUT2D eigenvalue weighted by atomic mass is 9.89. The monoisotopic (exact) mass is 727 g/mol. The molecule has 1 unspecified atom stereocenters. The molecule has 4 aromatic rings. The van der Waals surface area contributed by atoms with E-state index in [0.717, 1.165) is 19.6 Å². The molecule has 0 amide bonds. The Morgan fingerprint density at radius 2 is 1.17 bits per heavy atom. The van der Waals surface area contributed by atoms with Gasteiger partial charge >= 0.3 is 0 Å². The fraction of sp³-hybridized carbons (Fsp3) is 0.486. The van der Waals surface area contributed by atoms with Crippen LogP contribution in [0.1, 0.15) is 79.1 Å². The van der Waals surface area contributed by atoms with Crippen LogP contribution in [0.5, 0.6) is 0 Å². The maximum Gasteiger partial charge on any atom is 0.0726 e. The Balaban J connectivity index is 1.29. The Morgan fingerprint density at radius 3 is 1.69 bits per heavy atom. The summed E-state index contributed by atoms with van der Waals surface area (Å²) in [5, 5.41) is 6.68. The molecule has 3 nitrogen and oxygen atoms in total. The van der Waals surface area contributed by atoms with Gasteiger partial charge in [0.05, 0.1) is 28.7 Å². The van der Waals surface area contributed by atoms with Gasteiger partial charge in [0.25, 0.3) is 0 Å². The molecule has 2 aromatic heterocycles. The summed E-state index contributed by atoms with van der Waals surface area (Å²) in [7, 11) is 0. The maximum absolute atomic E-state index is 3.86. The number of halogens is 2.